The van der Waals surface area contributed by atoms with Crippen LogP contribution in [0.2, 0.25) is 5.02 Å². The Morgan fingerprint density at radius 2 is 1.82 bits per heavy atom. The van der Waals surface area contributed by atoms with Gasteiger partial charge in [0.1, 0.15) is 5.69 Å². The number of hydrogen-bond donors (Lipinski definition) is 0. The van der Waals surface area contributed by atoms with Gasteiger partial charge in [0.2, 0.25) is 0 Å². The van der Waals surface area contributed by atoms with E-state index in [1.54, 1.807) is 31.2 Å². The van der Waals surface area contributed by atoms with Crippen molar-refractivity contribution in [3.63, 3.8) is 0 Å². The van der Waals surface area contributed by atoms with E-state index in [2.05, 4.69) is 5.16 Å². The van der Waals surface area contributed by atoms with E-state index in [1.807, 2.05) is 0 Å². The van der Waals surface area contributed by atoms with E-state index >= 15 is 0 Å². The first-order chi connectivity index (χ1) is 7.89. The molecule has 0 fully saturated rings. The van der Waals surface area contributed by atoms with Crippen molar-refractivity contribution in [2.45, 2.75) is 12.0 Å². The summed E-state index contributed by atoms with van der Waals surface area (Å²) in [4.78, 5) is 0. The average Bonchev–Trinajstić information content (AvgIpc) is 2.61. The van der Waals surface area contributed by atoms with Gasteiger partial charge in [-0.1, -0.05) is 28.9 Å². The van der Waals surface area contributed by atoms with E-state index in [0.717, 1.165) is 0 Å². The molecule has 0 atom stereocenters. The zero-order valence-corrected chi connectivity index (χ0v) is 11.0. The van der Waals surface area contributed by atoms with Crippen LogP contribution in [0.1, 0.15) is 5.56 Å². The van der Waals surface area contributed by atoms with Gasteiger partial charge in [-0.05, 0) is 19.1 Å². The Morgan fingerprint density at radius 1 is 1.24 bits per heavy atom. The highest BCUT2D eigenvalue weighted by atomic mass is 35.7. The van der Waals surface area contributed by atoms with Crippen LogP contribution >= 0.6 is 22.3 Å². The Morgan fingerprint density at radius 3 is 2.29 bits per heavy atom. The van der Waals surface area contributed by atoms with Crippen LogP contribution in [0.4, 0.5) is 0 Å². The molecular weight excluding hydrogens is 285 g/mol. The molecule has 2 rings (SSSR count). The summed E-state index contributed by atoms with van der Waals surface area (Å²) in [6, 6.07) is 6.80. The van der Waals surface area contributed by atoms with E-state index in [-0.39, 0.29) is 5.09 Å². The number of benzene rings is 1. The first-order valence-corrected chi connectivity index (χ1v) is 7.25. The topological polar surface area (TPSA) is 60.2 Å². The number of halogens is 2. The predicted molar refractivity (Wildman–Crippen MR) is 64.7 cm³/mol. The minimum atomic E-state index is -3.91. The van der Waals surface area contributed by atoms with Crippen molar-refractivity contribution in [3.05, 3.63) is 34.9 Å². The maximum atomic E-state index is 11.2. The second-order valence-corrected chi connectivity index (χ2v) is 6.29. The third-order valence-corrected chi connectivity index (χ3v) is 3.72. The minimum Gasteiger partial charge on any atom is -0.342 e. The summed E-state index contributed by atoms with van der Waals surface area (Å²) >= 11 is 5.76. The highest BCUT2D eigenvalue weighted by Gasteiger charge is 2.23. The Hall–Kier alpha value is -1.04. The summed E-state index contributed by atoms with van der Waals surface area (Å²) < 4.78 is 27.1. The second-order valence-electron chi connectivity index (χ2n) is 3.39. The molecule has 4 nitrogen and oxygen atoms in total. The Labute approximate surface area is 108 Å². The fraction of sp³-hybridized carbons (Fsp3) is 0.100. The summed E-state index contributed by atoms with van der Waals surface area (Å²) in [6.45, 7) is 1.58. The van der Waals surface area contributed by atoms with Gasteiger partial charge in [0, 0.05) is 26.8 Å². The van der Waals surface area contributed by atoms with Crippen LogP contribution in [-0.2, 0) is 9.05 Å². The van der Waals surface area contributed by atoms with Gasteiger partial charge < -0.3 is 4.52 Å². The van der Waals surface area contributed by atoms with E-state index < -0.39 is 9.05 Å². The fourth-order valence-corrected chi connectivity index (χ4v) is 2.57. The lowest BCUT2D eigenvalue weighted by Gasteiger charge is -1.97. The molecule has 1 aromatic carbocycles. The van der Waals surface area contributed by atoms with Gasteiger partial charge in [0.05, 0.1) is 0 Å². The zero-order chi connectivity index (χ0) is 12.6. The smallest absolute Gasteiger partial charge is 0.297 e. The summed E-state index contributed by atoms with van der Waals surface area (Å²) in [7, 11) is 1.30. The molecule has 0 spiro atoms. The summed E-state index contributed by atoms with van der Waals surface area (Å²) in [6.07, 6.45) is 0. The molecule has 17 heavy (non-hydrogen) atoms. The van der Waals surface area contributed by atoms with Crippen molar-refractivity contribution in [1.82, 2.24) is 5.16 Å². The number of hydrogen-bond acceptors (Lipinski definition) is 4. The van der Waals surface area contributed by atoms with Crippen LogP contribution < -0.4 is 0 Å². The SMILES string of the molecule is Cc1c(-c2ccc(Cl)cc2)noc1S(=O)(=O)Cl. The van der Waals surface area contributed by atoms with Gasteiger partial charge in [-0.3, -0.25) is 0 Å². The average molecular weight is 292 g/mol. The molecule has 0 aliphatic rings. The standard InChI is InChI=1S/C10H7Cl2NO3S/c1-6-9(7-2-4-8(11)5-3-7)13-16-10(6)17(12,14)15/h2-5H,1H3. The number of aromatic nitrogens is 1. The van der Waals surface area contributed by atoms with Gasteiger partial charge in [-0.25, -0.2) is 8.42 Å². The minimum absolute atomic E-state index is 0.330. The maximum absolute atomic E-state index is 11.2. The Balaban J connectivity index is 2.55. The Bertz CT molecular complexity index is 647. The molecule has 0 saturated carbocycles. The molecule has 0 aliphatic heterocycles. The van der Waals surface area contributed by atoms with E-state index in [0.29, 0.717) is 21.8 Å². The molecule has 90 valence electrons. The molecule has 7 heteroatoms. The van der Waals surface area contributed by atoms with Crippen molar-refractivity contribution < 1.29 is 12.9 Å². The Kier molecular flexibility index (Phi) is 3.16. The zero-order valence-electron chi connectivity index (χ0n) is 8.65. The predicted octanol–water partition coefficient (Wildman–Crippen LogP) is 3.23. The summed E-state index contributed by atoms with van der Waals surface area (Å²) in [5.41, 5.74) is 1.52. The molecule has 0 aliphatic carbocycles. The molecule has 0 bridgehead atoms. The first-order valence-electron chi connectivity index (χ1n) is 4.56. The number of rotatable bonds is 2. The fourth-order valence-electron chi connectivity index (χ4n) is 1.43. The lowest BCUT2D eigenvalue weighted by Crippen LogP contribution is -1.90. The quantitative estimate of drug-likeness (QED) is 0.797. The third kappa shape index (κ3) is 2.46. The van der Waals surface area contributed by atoms with E-state index in [4.69, 9.17) is 26.8 Å². The van der Waals surface area contributed by atoms with Gasteiger partial charge in [0.25, 0.3) is 14.1 Å². The van der Waals surface area contributed by atoms with Crippen LogP contribution in [0.25, 0.3) is 11.3 Å². The molecule has 0 unspecified atom stereocenters. The summed E-state index contributed by atoms with van der Waals surface area (Å²) in [5, 5.41) is 3.95. The van der Waals surface area contributed by atoms with Gasteiger partial charge in [0.15, 0.2) is 0 Å². The number of nitrogens with zero attached hydrogens (tertiary/aromatic N) is 1. The highest BCUT2D eigenvalue weighted by molar-refractivity contribution is 8.13. The van der Waals surface area contributed by atoms with Crippen molar-refractivity contribution in [2.75, 3.05) is 0 Å². The van der Waals surface area contributed by atoms with Gasteiger partial charge >= 0.3 is 0 Å². The van der Waals surface area contributed by atoms with Crippen molar-refractivity contribution in [1.29, 1.82) is 0 Å². The molecule has 2 aromatic rings. The lowest BCUT2D eigenvalue weighted by molar-refractivity contribution is 0.341. The molecule has 0 N–H and O–H groups in total. The molecule has 0 radical (unpaired) electrons. The molecule has 1 aromatic heterocycles. The van der Waals surface area contributed by atoms with Crippen molar-refractivity contribution >= 4 is 31.3 Å². The monoisotopic (exact) mass is 291 g/mol. The molecule has 1 heterocycles. The van der Waals surface area contributed by atoms with Crippen molar-refractivity contribution in [2.24, 2.45) is 0 Å². The van der Waals surface area contributed by atoms with E-state index in [1.165, 1.54) is 0 Å². The van der Waals surface area contributed by atoms with Crippen LogP contribution in [0.5, 0.6) is 0 Å². The van der Waals surface area contributed by atoms with Crippen LogP contribution in [0.15, 0.2) is 33.9 Å². The van der Waals surface area contributed by atoms with Crippen LogP contribution in [-0.4, -0.2) is 13.6 Å². The van der Waals surface area contributed by atoms with Gasteiger partial charge in [-0.2, -0.15) is 0 Å². The molecule has 0 amide bonds. The maximum Gasteiger partial charge on any atom is 0.297 e. The molecule has 0 saturated heterocycles. The summed E-state index contributed by atoms with van der Waals surface area (Å²) in [5.74, 6) is 0. The van der Waals surface area contributed by atoms with Gasteiger partial charge in [-0.15, -0.1) is 0 Å². The van der Waals surface area contributed by atoms with E-state index in [9.17, 15) is 8.42 Å². The molecular formula is C10H7Cl2NO3S. The first kappa shape index (κ1) is 12.4. The second kappa shape index (κ2) is 4.33. The normalized spacial score (nSPS) is 11.7. The van der Waals surface area contributed by atoms with Crippen molar-refractivity contribution in [3.8, 4) is 11.3 Å². The third-order valence-electron chi connectivity index (χ3n) is 2.22. The lowest BCUT2D eigenvalue weighted by atomic mass is 10.1. The van der Waals surface area contributed by atoms with Crippen LogP contribution in [0.3, 0.4) is 0 Å². The van der Waals surface area contributed by atoms with Crippen LogP contribution in [0, 0.1) is 6.92 Å². The largest absolute Gasteiger partial charge is 0.342 e. The highest BCUT2D eigenvalue weighted by Crippen LogP contribution is 2.29.